The van der Waals surface area contributed by atoms with Crippen molar-refractivity contribution >= 4 is 39.1 Å². The van der Waals surface area contributed by atoms with Crippen LogP contribution in [0.1, 0.15) is 13.8 Å². The molecule has 3 aromatic carbocycles. The number of thioether (sulfide) groups is 1. The Bertz CT molecular complexity index is 1200. The number of benzene rings is 3. The first kappa shape index (κ1) is 25.5. The standard InChI is InChI=1S/C25H28N2O5S2/c1-4-31-20-12-10-19(11-13-20)26-25(28)18-27(23-8-6-7-9-24(23)32-5-2)34(29,30)22-16-14-21(33-3)15-17-22/h6-17H,4-5,18H2,1-3H3,(H,26,28). The molecular formula is C25H28N2O5S2. The molecular weight excluding hydrogens is 472 g/mol. The van der Waals surface area contributed by atoms with E-state index in [4.69, 9.17) is 9.47 Å². The first-order valence-electron chi connectivity index (χ1n) is 10.8. The fourth-order valence-corrected chi connectivity index (χ4v) is 5.09. The van der Waals surface area contributed by atoms with Crippen molar-refractivity contribution in [3.8, 4) is 11.5 Å². The lowest BCUT2D eigenvalue weighted by molar-refractivity contribution is -0.114. The number of hydrogen-bond donors (Lipinski definition) is 1. The maximum Gasteiger partial charge on any atom is 0.264 e. The summed E-state index contributed by atoms with van der Waals surface area (Å²) in [5.41, 5.74) is 0.827. The number of nitrogens with zero attached hydrogens (tertiary/aromatic N) is 1. The SMILES string of the molecule is CCOc1ccc(NC(=O)CN(c2ccccc2OCC)S(=O)(=O)c2ccc(SC)cc2)cc1. The molecule has 0 aliphatic heterocycles. The van der Waals surface area contributed by atoms with Gasteiger partial charge in [-0.05, 0) is 80.8 Å². The Hall–Kier alpha value is -3.17. The van der Waals surface area contributed by atoms with Gasteiger partial charge in [0.2, 0.25) is 5.91 Å². The van der Waals surface area contributed by atoms with Crippen LogP contribution in [-0.4, -0.2) is 40.3 Å². The van der Waals surface area contributed by atoms with Gasteiger partial charge in [0.25, 0.3) is 10.0 Å². The minimum atomic E-state index is -4.06. The molecule has 0 aliphatic rings. The van der Waals surface area contributed by atoms with Gasteiger partial charge in [0.15, 0.2) is 0 Å². The van der Waals surface area contributed by atoms with Crippen molar-refractivity contribution in [2.45, 2.75) is 23.6 Å². The van der Waals surface area contributed by atoms with Crippen LogP contribution in [0.4, 0.5) is 11.4 Å². The molecule has 0 atom stereocenters. The Morgan fingerprint density at radius 2 is 1.56 bits per heavy atom. The average molecular weight is 501 g/mol. The molecule has 0 aromatic heterocycles. The molecule has 34 heavy (non-hydrogen) atoms. The summed E-state index contributed by atoms with van der Waals surface area (Å²) in [6.45, 7) is 4.17. The van der Waals surface area contributed by atoms with Crippen LogP contribution in [-0.2, 0) is 14.8 Å². The van der Waals surface area contributed by atoms with Gasteiger partial charge in [-0.25, -0.2) is 8.42 Å². The minimum Gasteiger partial charge on any atom is -0.494 e. The molecule has 180 valence electrons. The molecule has 0 unspecified atom stereocenters. The smallest absolute Gasteiger partial charge is 0.264 e. The van der Waals surface area contributed by atoms with Crippen molar-refractivity contribution in [2.75, 3.05) is 35.6 Å². The molecule has 0 fully saturated rings. The molecule has 0 bridgehead atoms. The predicted octanol–water partition coefficient (Wildman–Crippen LogP) is 5.04. The molecule has 0 heterocycles. The fraction of sp³-hybridized carbons (Fsp3) is 0.240. The van der Waals surface area contributed by atoms with Crippen LogP contribution in [0.2, 0.25) is 0 Å². The Kier molecular flexibility index (Phi) is 8.84. The maximum absolute atomic E-state index is 13.7. The molecule has 9 heteroatoms. The largest absolute Gasteiger partial charge is 0.494 e. The Balaban J connectivity index is 1.94. The summed E-state index contributed by atoms with van der Waals surface area (Å²) in [5, 5.41) is 2.76. The molecule has 0 saturated carbocycles. The molecule has 1 amide bonds. The predicted molar refractivity (Wildman–Crippen MR) is 137 cm³/mol. The van der Waals surface area contributed by atoms with Gasteiger partial charge >= 0.3 is 0 Å². The van der Waals surface area contributed by atoms with E-state index in [0.29, 0.717) is 36.1 Å². The van der Waals surface area contributed by atoms with Gasteiger partial charge in [0.1, 0.15) is 18.0 Å². The van der Waals surface area contributed by atoms with Crippen molar-refractivity contribution < 1.29 is 22.7 Å². The number of anilines is 2. The van der Waals surface area contributed by atoms with Gasteiger partial charge in [-0.2, -0.15) is 0 Å². The van der Waals surface area contributed by atoms with Gasteiger partial charge in [-0.15, -0.1) is 11.8 Å². The molecule has 7 nitrogen and oxygen atoms in total. The third-order valence-electron chi connectivity index (χ3n) is 4.82. The summed E-state index contributed by atoms with van der Waals surface area (Å²) in [6, 6.07) is 20.2. The van der Waals surface area contributed by atoms with Crippen LogP contribution < -0.4 is 19.1 Å². The van der Waals surface area contributed by atoms with Crippen molar-refractivity contribution in [1.29, 1.82) is 0 Å². The number of carbonyl (C=O) groups excluding carboxylic acids is 1. The Morgan fingerprint density at radius 3 is 2.18 bits per heavy atom. The first-order chi connectivity index (χ1) is 16.4. The second-order valence-electron chi connectivity index (χ2n) is 7.09. The van der Waals surface area contributed by atoms with Crippen molar-refractivity contribution in [1.82, 2.24) is 0 Å². The zero-order valence-electron chi connectivity index (χ0n) is 19.4. The van der Waals surface area contributed by atoms with E-state index in [1.54, 1.807) is 72.8 Å². The highest BCUT2D eigenvalue weighted by Crippen LogP contribution is 2.33. The molecule has 3 aromatic rings. The van der Waals surface area contributed by atoms with Gasteiger partial charge in [-0.3, -0.25) is 9.10 Å². The number of ether oxygens (including phenoxy) is 2. The summed E-state index contributed by atoms with van der Waals surface area (Å²) >= 11 is 1.52. The highest BCUT2D eigenvalue weighted by atomic mass is 32.2. The minimum absolute atomic E-state index is 0.0884. The van der Waals surface area contributed by atoms with E-state index in [1.165, 1.54) is 11.8 Å². The number of rotatable bonds is 11. The monoisotopic (exact) mass is 500 g/mol. The summed E-state index contributed by atoms with van der Waals surface area (Å²) in [5.74, 6) is 0.576. The molecule has 0 radical (unpaired) electrons. The maximum atomic E-state index is 13.7. The number of hydrogen-bond acceptors (Lipinski definition) is 6. The lowest BCUT2D eigenvalue weighted by Crippen LogP contribution is -2.38. The molecule has 0 aliphatic carbocycles. The van der Waals surface area contributed by atoms with Crippen LogP contribution >= 0.6 is 11.8 Å². The van der Waals surface area contributed by atoms with Gasteiger partial charge in [0.05, 0.1) is 23.8 Å². The fourth-order valence-electron chi connectivity index (χ4n) is 3.25. The first-order valence-corrected chi connectivity index (χ1v) is 13.5. The van der Waals surface area contributed by atoms with E-state index >= 15 is 0 Å². The van der Waals surface area contributed by atoms with Crippen LogP contribution in [0, 0.1) is 0 Å². The van der Waals surface area contributed by atoms with Gasteiger partial charge < -0.3 is 14.8 Å². The number of para-hydroxylation sites is 2. The van der Waals surface area contributed by atoms with Crippen molar-refractivity contribution in [3.63, 3.8) is 0 Å². The van der Waals surface area contributed by atoms with E-state index in [1.807, 2.05) is 20.1 Å². The van der Waals surface area contributed by atoms with Gasteiger partial charge in [0, 0.05) is 10.6 Å². The van der Waals surface area contributed by atoms with Crippen LogP contribution in [0.25, 0.3) is 0 Å². The zero-order valence-corrected chi connectivity index (χ0v) is 21.0. The quantitative estimate of drug-likeness (QED) is 0.371. The number of amides is 1. The lowest BCUT2D eigenvalue weighted by Gasteiger charge is -2.26. The number of carbonyl (C=O) groups is 1. The Labute approximate surface area is 205 Å². The van der Waals surface area contributed by atoms with E-state index < -0.39 is 22.5 Å². The average Bonchev–Trinajstić information content (AvgIpc) is 2.84. The lowest BCUT2D eigenvalue weighted by atomic mass is 10.3. The second-order valence-corrected chi connectivity index (χ2v) is 9.84. The zero-order chi connectivity index (χ0) is 24.6. The highest BCUT2D eigenvalue weighted by Gasteiger charge is 2.29. The Morgan fingerprint density at radius 1 is 0.912 bits per heavy atom. The summed E-state index contributed by atoms with van der Waals surface area (Å²) in [4.78, 5) is 14.0. The third kappa shape index (κ3) is 6.24. The number of sulfonamides is 1. The summed E-state index contributed by atoms with van der Waals surface area (Å²) in [6.07, 6.45) is 1.92. The molecule has 3 rings (SSSR count). The van der Waals surface area contributed by atoms with Crippen LogP contribution in [0.3, 0.4) is 0 Å². The second kappa shape index (κ2) is 11.8. The highest BCUT2D eigenvalue weighted by molar-refractivity contribution is 7.98. The van der Waals surface area contributed by atoms with E-state index in [-0.39, 0.29) is 4.90 Å². The van der Waals surface area contributed by atoms with E-state index in [0.717, 1.165) is 9.20 Å². The summed E-state index contributed by atoms with van der Waals surface area (Å²) < 4.78 is 39.5. The van der Waals surface area contributed by atoms with Crippen molar-refractivity contribution in [2.24, 2.45) is 0 Å². The van der Waals surface area contributed by atoms with Crippen LogP contribution in [0.5, 0.6) is 11.5 Å². The summed E-state index contributed by atoms with van der Waals surface area (Å²) in [7, 11) is -4.06. The van der Waals surface area contributed by atoms with Gasteiger partial charge in [-0.1, -0.05) is 12.1 Å². The normalized spacial score (nSPS) is 11.0. The van der Waals surface area contributed by atoms with Crippen molar-refractivity contribution in [3.05, 3.63) is 72.8 Å². The topological polar surface area (TPSA) is 84.9 Å². The molecule has 0 spiro atoms. The molecule has 0 saturated heterocycles. The van der Waals surface area contributed by atoms with Crippen LogP contribution in [0.15, 0.2) is 82.6 Å². The molecule has 1 N–H and O–H groups in total. The third-order valence-corrected chi connectivity index (χ3v) is 7.34. The number of nitrogens with one attached hydrogen (secondary N) is 1. The van der Waals surface area contributed by atoms with E-state index in [2.05, 4.69) is 5.32 Å². The van der Waals surface area contributed by atoms with E-state index in [9.17, 15) is 13.2 Å².